The number of carboxylic acid groups (broad SMARTS) is 1. The minimum atomic E-state index is -4.66. The Hall–Kier alpha value is -2.70. The quantitative estimate of drug-likeness (QED) is 0.506. The largest absolute Gasteiger partial charge is 0.480 e. The van der Waals surface area contributed by atoms with Crippen molar-refractivity contribution in [2.45, 2.75) is 76.1 Å². The molecule has 13 heteroatoms. The minimum absolute atomic E-state index is 0.150. The Morgan fingerprint density at radius 3 is 2.32 bits per heavy atom. The Morgan fingerprint density at radius 1 is 1.16 bits per heavy atom. The van der Waals surface area contributed by atoms with E-state index < -0.39 is 47.7 Å². The summed E-state index contributed by atoms with van der Waals surface area (Å²) in [6.45, 7) is 3.50. The van der Waals surface area contributed by atoms with Crippen molar-refractivity contribution in [1.29, 1.82) is 0 Å². The van der Waals surface area contributed by atoms with Crippen molar-refractivity contribution >= 4 is 17.7 Å². The Labute approximate surface area is 210 Å². The summed E-state index contributed by atoms with van der Waals surface area (Å²) >= 11 is 0. The van der Waals surface area contributed by atoms with Gasteiger partial charge in [-0.25, -0.2) is 9.59 Å². The van der Waals surface area contributed by atoms with Crippen LogP contribution in [-0.4, -0.2) is 77.5 Å². The van der Waals surface area contributed by atoms with Gasteiger partial charge >= 0.3 is 24.4 Å². The summed E-state index contributed by atoms with van der Waals surface area (Å²) in [6, 6.07) is 2.41. The molecule has 2 saturated heterocycles. The first-order chi connectivity index (χ1) is 17.0. The van der Waals surface area contributed by atoms with E-state index in [2.05, 4.69) is 4.74 Å². The predicted octanol–water partition coefficient (Wildman–Crippen LogP) is 5.13. The highest BCUT2D eigenvalue weighted by atomic mass is 19.4. The van der Waals surface area contributed by atoms with Crippen molar-refractivity contribution in [3.05, 3.63) is 29.3 Å². The normalized spacial score (nSPS) is 21.3. The van der Waals surface area contributed by atoms with Gasteiger partial charge in [0.2, 0.25) is 0 Å². The third-order valence-corrected chi connectivity index (χ3v) is 7.43. The van der Waals surface area contributed by atoms with Gasteiger partial charge < -0.3 is 19.6 Å². The van der Waals surface area contributed by atoms with Crippen molar-refractivity contribution in [2.75, 3.05) is 31.6 Å². The van der Waals surface area contributed by atoms with Crippen LogP contribution in [0.1, 0.15) is 50.7 Å². The molecule has 208 valence electrons. The lowest BCUT2D eigenvalue weighted by Crippen LogP contribution is -2.53. The zero-order valence-electron chi connectivity index (χ0n) is 20.8. The number of benzene rings is 1. The highest BCUT2D eigenvalue weighted by Gasteiger charge is 2.42. The van der Waals surface area contributed by atoms with E-state index in [9.17, 15) is 41.0 Å². The van der Waals surface area contributed by atoms with Gasteiger partial charge in [0.1, 0.15) is 6.04 Å². The van der Waals surface area contributed by atoms with Gasteiger partial charge in [0.05, 0.1) is 5.56 Å². The number of likely N-dealkylation sites (tertiary alicyclic amines) is 1. The highest BCUT2D eigenvalue weighted by molar-refractivity contribution is 5.79. The van der Waals surface area contributed by atoms with E-state index in [-0.39, 0.29) is 25.3 Å². The minimum Gasteiger partial charge on any atom is -0.480 e. The van der Waals surface area contributed by atoms with Crippen LogP contribution in [0.15, 0.2) is 18.2 Å². The summed E-state index contributed by atoms with van der Waals surface area (Å²) in [5.74, 6) is -1.10. The summed E-state index contributed by atoms with van der Waals surface area (Å²) in [4.78, 5) is 28.5. The average molecular weight is 540 g/mol. The molecule has 0 aliphatic carbocycles. The first-order valence-corrected chi connectivity index (χ1v) is 12.0. The molecule has 0 saturated carbocycles. The number of carboxylic acids is 1. The van der Waals surface area contributed by atoms with Gasteiger partial charge in [-0.1, -0.05) is 6.07 Å². The lowest BCUT2D eigenvalue weighted by atomic mass is 9.87. The SMILES string of the molecule is CC(OC(=O)N1CCC(C)(N(C)Cc2ccc(C(F)(F)F)cc2N2CCCC2C(=O)O)CC1)C(F)(F)F. The number of anilines is 1. The number of hydrogen-bond acceptors (Lipinski definition) is 5. The van der Waals surface area contributed by atoms with Gasteiger partial charge in [-0.15, -0.1) is 0 Å². The van der Waals surface area contributed by atoms with Crippen molar-refractivity contribution < 1.29 is 45.8 Å². The fraction of sp³-hybridized carbons (Fsp3) is 0.667. The average Bonchev–Trinajstić information content (AvgIpc) is 3.28. The zero-order valence-corrected chi connectivity index (χ0v) is 20.8. The Balaban J connectivity index is 1.75. The highest BCUT2D eigenvalue weighted by Crippen LogP contribution is 2.38. The zero-order chi connectivity index (χ0) is 27.8. The summed E-state index contributed by atoms with van der Waals surface area (Å²) in [5, 5.41) is 9.58. The molecule has 0 bridgehead atoms. The summed E-state index contributed by atoms with van der Waals surface area (Å²) in [6.07, 6.45) is -10.9. The molecule has 1 amide bonds. The second kappa shape index (κ2) is 10.6. The second-order valence-corrected chi connectivity index (χ2v) is 9.94. The van der Waals surface area contributed by atoms with Gasteiger partial charge in [-0.05, 0) is 64.3 Å². The summed E-state index contributed by atoms with van der Waals surface area (Å²) < 4.78 is 83.0. The van der Waals surface area contributed by atoms with Crippen LogP contribution >= 0.6 is 0 Å². The Kier molecular flexibility index (Phi) is 8.25. The molecule has 7 nitrogen and oxygen atoms in total. The van der Waals surface area contributed by atoms with E-state index in [0.717, 1.165) is 19.1 Å². The van der Waals surface area contributed by atoms with Gasteiger partial charge in [0.15, 0.2) is 6.10 Å². The number of carbonyl (C=O) groups excluding carboxylic acids is 1. The molecule has 2 fully saturated rings. The van der Waals surface area contributed by atoms with Crippen LogP contribution in [0, 0.1) is 0 Å². The number of halogens is 6. The van der Waals surface area contributed by atoms with Crippen molar-refractivity contribution in [1.82, 2.24) is 9.80 Å². The lowest BCUT2D eigenvalue weighted by Gasteiger charge is -2.45. The maximum atomic E-state index is 13.5. The summed E-state index contributed by atoms with van der Waals surface area (Å²) in [7, 11) is 1.78. The molecule has 2 atom stereocenters. The number of carbonyl (C=O) groups is 2. The van der Waals surface area contributed by atoms with Crippen LogP contribution in [0.5, 0.6) is 0 Å². The van der Waals surface area contributed by atoms with E-state index in [0.29, 0.717) is 37.8 Å². The first-order valence-electron chi connectivity index (χ1n) is 12.0. The lowest BCUT2D eigenvalue weighted by molar-refractivity contribution is -0.200. The fourth-order valence-corrected chi connectivity index (χ4v) is 4.74. The molecule has 0 radical (unpaired) electrons. The molecule has 1 aromatic carbocycles. The van der Waals surface area contributed by atoms with Crippen LogP contribution in [0.4, 0.5) is 36.8 Å². The first kappa shape index (κ1) is 28.9. The maximum Gasteiger partial charge on any atom is 0.425 e. The van der Waals surface area contributed by atoms with E-state index in [1.807, 2.05) is 11.8 Å². The third kappa shape index (κ3) is 6.60. The molecular weight excluding hydrogens is 508 g/mol. The molecule has 2 unspecified atom stereocenters. The molecule has 37 heavy (non-hydrogen) atoms. The van der Waals surface area contributed by atoms with Crippen molar-refractivity contribution in [2.24, 2.45) is 0 Å². The molecular formula is C24H31F6N3O4. The van der Waals surface area contributed by atoms with Gasteiger partial charge in [-0.3, -0.25) is 4.90 Å². The van der Waals surface area contributed by atoms with E-state index >= 15 is 0 Å². The fourth-order valence-electron chi connectivity index (χ4n) is 4.74. The Bertz CT molecular complexity index is 992. The molecule has 0 spiro atoms. The molecule has 1 aromatic rings. The van der Waals surface area contributed by atoms with E-state index in [1.54, 1.807) is 7.05 Å². The molecule has 2 aliphatic rings. The number of ether oxygens (including phenoxy) is 1. The molecule has 1 N–H and O–H groups in total. The smallest absolute Gasteiger partial charge is 0.425 e. The van der Waals surface area contributed by atoms with Gasteiger partial charge in [-0.2, -0.15) is 26.3 Å². The summed E-state index contributed by atoms with van der Waals surface area (Å²) in [5.41, 5.74) is -0.622. The number of aliphatic carboxylic acids is 1. The molecule has 3 rings (SSSR count). The van der Waals surface area contributed by atoms with Gasteiger partial charge in [0, 0.05) is 37.4 Å². The third-order valence-electron chi connectivity index (χ3n) is 7.43. The van der Waals surface area contributed by atoms with Crippen molar-refractivity contribution in [3.63, 3.8) is 0 Å². The number of piperidine rings is 1. The number of alkyl halides is 6. The topological polar surface area (TPSA) is 73.3 Å². The molecule has 2 aliphatic heterocycles. The van der Waals surface area contributed by atoms with Crippen LogP contribution in [0.2, 0.25) is 0 Å². The van der Waals surface area contributed by atoms with E-state index in [1.165, 1.54) is 15.9 Å². The standard InChI is InChI=1S/C24H31F6N3O4/c1-15(23(25,26)27)37-21(36)32-11-8-22(2,9-12-32)31(3)14-16-6-7-17(24(28,29)30)13-19(16)33-10-4-5-18(33)20(34)35/h6-7,13,15,18H,4-5,8-12,14H2,1-3H3,(H,34,35). The number of hydrogen-bond donors (Lipinski definition) is 1. The molecule has 0 aromatic heterocycles. The monoisotopic (exact) mass is 539 g/mol. The maximum absolute atomic E-state index is 13.5. The van der Waals surface area contributed by atoms with Crippen LogP contribution in [0.3, 0.4) is 0 Å². The van der Waals surface area contributed by atoms with Crippen molar-refractivity contribution in [3.8, 4) is 0 Å². The van der Waals surface area contributed by atoms with Crippen LogP contribution in [-0.2, 0) is 22.3 Å². The Morgan fingerprint density at radius 2 is 1.78 bits per heavy atom. The van der Waals surface area contributed by atoms with Gasteiger partial charge in [0.25, 0.3) is 0 Å². The van der Waals surface area contributed by atoms with Crippen LogP contribution in [0.25, 0.3) is 0 Å². The van der Waals surface area contributed by atoms with Crippen LogP contribution < -0.4 is 4.90 Å². The van der Waals surface area contributed by atoms with E-state index in [4.69, 9.17) is 0 Å². The number of nitrogens with zero attached hydrogens (tertiary/aromatic N) is 3. The predicted molar refractivity (Wildman–Crippen MR) is 122 cm³/mol. The molecule has 2 heterocycles. The second-order valence-electron chi connectivity index (χ2n) is 9.94. The number of rotatable bonds is 6. The number of amides is 1.